The molecule has 15 heavy (non-hydrogen) atoms. The van der Waals surface area contributed by atoms with E-state index in [0.29, 0.717) is 24.2 Å². The molecule has 0 aliphatic rings. The molecule has 3 nitrogen and oxygen atoms in total. The number of hydrogen-bond acceptors (Lipinski definition) is 3. The van der Waals surface area contributed by atoms with Crippen molar-refractivity contribution in [2.24, 2.45) is 0 Å². The molecule has 1 aromatic rings. The molecule has 0 aliphatic carbocycles. The molecular formula is C11H13FN2O. The first-order valence-corrected chi connectivity index (χ1v) is 4.67. The quantitative estimate of drug-likeness (QED) is 0.818. The second-order valence-corrected chi connectivity index (χ2v) is 3.24. The molecule has 0 spiro atoms. The lowest BCUT2D eigenvalue weighted by Crippen LogP contribution is -2.21. The van der Waals surface area contributed by atoms with Gasteiger partial charge in [0.15, 0.2) is 0 Å². The van der Waals surface area contributed by atoms with Crippen LogP contribution in [0.1, 0.15) is 12.0 Å². The van der Waals surface area contributed by atoms with E-state index >= 15 is 0 Å². The zero-order chi connectivity index (χ0) is 11.3. The lowest BCUT2D eigenvalue weighted by molar-refractivity contribution is 0.281. The number of nitriles is 1. The average Bonchev–Trinajstić information content (AvgIpc) is 2.25. The third kappa shape index (κ3) is 2.67. The summed E-state index contributed by atoms with van der Waals surface area (Å²) >= 11 is 0. The van der Waals surface area contributed by atoms with E-state index in [1.54, 1.807) is 24.1 Å². The summed E-state index contributed by atoms with van der Waals surface area (Å²) in [6, 6.07) is 6.57. The number of rotatable bonds is 4. The summed E-state index contributed by atoms with van der Waals surface area (Å²) in [5.74, 6) is -0.373. The Hall–Kier alpha value is -1.60. The van der Waals surface area contributed by atoms with Gasteiger partial charge in [-0.2, -0.15) is 5.26 Å². The summed E-state index contributed by atoms with van der Waals surface area (Å²) in [5, 5.41) is 17.5. The van der Waals surface area contributed by atoms with Crippen LogP contribution in [-0.4, -0.2) is 18.7 Å². The van der Waals surface area contributed by atoms with Gasteiger partial charge in [-0.15, -0.1) is 0 Å². The van der Waals surface area contributed by atoms with Gasteiger partial charge in [-0.3, -0.25) is 0 Å². The zero-order valence-corrected chi connectivity index (χ0v) is 8.57. The molecule has 0 saturated carbocycles. The Morgan fingerprint density at radius 1 is 1.53 bits per heavy atom. The highest BCUT2D eigenvalue weighted by molar-refractivity contribution is 5.54. The van der Waals surface area contributed by atoms with Gasteiger partial charge >= 0.3 is 0 Å². The first-order chi connectivity index (χ1) is 7.20. The summed E-state index contributed by atoms with van der Waals surface area (Å²) in [7, 11) is 1.70. The van der Waals surface area contributed by atoms with Crippen molar-refractivity contribution in [2.75, 3.05) is 18.5 Å². The lowest BCUT2D eigenvalue weighted by atomic mass is 10.1. The second-order valence-electron chi connectivity index (χ2n) is 3.24. The van der Waals surface area contributed by atoms with Crippen LogP contribution in [0.2, 0.25) is 0 Å². The second kappa shape index (κ2) is 5.32. The van der Waals surface area contributed by atoms with Crippen molar-refractivity contribution in [3.05, 3.63) is 29.6 Å². The van der Waals surface area contributed by atoms with E-state index in [9.17, 15) is 4.39 Å². The van der Waals surface area contributed by atoms with Crippen LogP contribution in [0.4, 0.5) is 10.1 Å². The van der Waals surface area contributed by atoms with Crippen LogP contribution in [0.25, 0.3) is 0 Å². The molecule has 0 heterocycles. The molecule has 0 aromatic heterocycles. The highest BCUT2D eigenvalue weighted by Crippen LogP contribution is 2.23. The van der Waals surface area contributed by atoms with Crippen molar-refractivity contribution in [1.29, 1.82) is 5.26 Å². The lowest BCUT2D eigenvalue weighted by Gasteiger charge is -2.21. The van der Waals surface area contributed by atoms with Crippen LogP contribution in [0, 0.1) is 17.1 Å². The summed E-state index contributed by atoms with van der Waals surface area (Å²) < 4.78 is 13.5. The first-order valence-electron chi connectivity index (χ1n) is 4.67. The SMILES string of the molecule is CN(CCC#N)c1c(F)cccc1CO. The monoisotopic (exact) mass is 208 g/mol. The molecular weight excluding hydrogens is 195 g/mol. The van der Waals surface area contributed by atoms with Crippen molar-refractivity contribution in [2.45, 2.75) is 13.0 Å². The third-order valence-corrected chi connectivity index (χ3v) is 2.18. The van der Waals surface area contributed by atoms with Crippen molar-refractivity contribution < 1.29 is 9.50 Å². The molecule has 0 bridgehead atoms. The van der Waals surface area contributed by atoms with E-state index in [2.05, 4.69) is 0 Å². The minimum Gasteiger partial charge on any atom is -0.392 e. The molecule has 0 saturated heterocycles. The molecule has 0 amide bonds. The molecule has 0 aliphatic heterocycles. The Morgan fingerprint density at radius 2 is 2.27 bits per heavy atom. The molecule has 4 heteroatoms. The molecule has 80 valence electrons. The molecule has 0 fully saturated rings. The fraction of sp³-hybridized carbons (Fsp3) is 0.364. The van der Waals surface area contributed by atoms with E-state index in [0.717, 1.165) is 0 Å². The van der Waals surface area contributed by atoms with Crippen LogP contribution in [0.3, 0.4) is 0 Å². The van der Waals surface area contributed by atoms with Gasteiger partial charge in [0, 0.05) is 19.2 Å². The summed E-state index contributed by atoms with van der Waals surface area (Å²) in [6.07, 6.45) is 0.329. The first kappa shape index (κ1) is 11.5. The van der Waals surface area contributed by atoms with Gasteiger partial charge in [-0.1, -0.05) is 12.1 Å². The van der Waals surface area contributed by atoms with Gasteiger partial charge < -0.3 is 10.0 Å². The molecule has 1 rings (SSSR count). The molecule has 0 atom stereocenters. The highest BCUT2D eigenvalue weighted by Gasteiger charge is 2.11. The van der Waals surface area contributed by atoms with E-state index in [-0.39, 0.29) is 12.4 Å². The molecule has 0 unspecified atom stereocenters. The van der Waals surface area contributed by atoms with E-state index in [4.69, 9.17) is 10.4 Å². The Morgan fingerprint density at radius 3 is 2.87 bits per heavy atom. The van der Waals surface area contributed by atoms with Crippen molar-refractivity contribution >= 4 is 5.69 Å². The fourth-order valence-electron chi connectivity index (χ4n) is 1.44. The number of anilines is 1. The topological polar surface area (TPSA) is 47.3 Å². The number of hydrogen-bond donors (Lipinski definition) is 1. The molecule has 0 radical (unpaired) electrons. The number of para-hydroxylation sites is 1. The van der Waals surface area contributed by atoms with Crippen molar-refractivity contribution in [3.63, 3.8) is 0 Å². The third-order valence-electron chi connectivity index (χ3n) is 2.18. The Labute approximate surface area is 88.4 Å². The van der Waals surface area contributed by atoms with Gasteiger partial charge in [0.05, 0.1) is 24.8 Å². The van der Waals surface area contributed by atoms with Crippen LogP contribution in [0.15, 0.2) is 18.2 Å². The largest absolute Gasteiger partial charge is 0.392 e. The predicted octanol–water partition coefficient (Wildman–Crippen LogP) is 1.67. The van der Waals surface area contributed by atoms with Gasteiger partial charge in [0.2, 0.25) is 0 Å². The molecule has 1 aromatic carbocycles. The van der Waals surface area contributed by atoms with Gasteiger partial charge in [-0.05, 0) is 6.07 Å². The number of benzene rings is 1. The Kier molecular flexibility index (Phi) is 4.07. The van der Waals surface area contributed by atoms with Gasteiger partial charge in [0.1, 0.15) is 5.82 Å². The summed E-state index contributed by atoms with van der Waals surface area (Å²) in [5.41, 5.74) is 0.908. The maximum absolute atomic E-state index is 13.5. The van der Waals surface area contributed by atoms with Crippen LogP contribution in [-0.2, 0) is 6.61 Å². The minimum atomic E-state index is -0.373. The van der Waals surface area contributed by atoms with Crippen LogP contribution in [0.5, 0.6) is 0 Å². The number of aliphatic hydroxyl groups excluding tert-OH is 1. The number of nitrogens with zero attached hydrogens (tertiary/aromatic N) is 2. The van der Waals surface area contributed by atoms with E-state index in [1.807, 2.05) is 6.07 Å². The minimum absolute atomic E-state index is 0.204. The highest BCUT2D eigenvalue weighted by atomic mass is 19.1. The van der Waals surface area contributed by atoms with E-state index < -0.39 is 0 Å². The van der Waals surface area contributed by atoms with Crippen molar-refractivity contribution in [3.8, 4) is 6.07 Å². The Balaban J connectivity index is 2.96. The maximum Gasteiger partial charge on any atom is 0.146 e. The van der Waals surface area contributed by atoms with Crippen molar-refractivity contribution in [1.82, 2.24) is 0 Å². The normalized spacial score (nSPS) is 9.73. The van der Waals surface area contributed by atoms with E-state index in [1.165, 1.54) is 6.07 Å². The maximum atomic E-state index is 13.5. The van der Waals surface area contributed by atoms with Gasteiger partial charge in [0.25, 0.3) is 0 Å². The summed E-state index contributed by atoms with van der Waals surface area (Å²) in [6.45, 7) is 0.244. The Bertz CT molecular complexity index is 373. The standard InChI is InChI=1S/C11H13FN2O/c1-14(7-3-6-13)11-9(8-15)4-2-5-10(11)12/h2,4-5,15H,3,7-8H2,1H3. The number of halogens is 1. The smallest absolute Gasteiger partial charge is 0.146 e. The van der Waals surface area contributed by atoms with Gasteiger partial charge in [-0.25, -0.2) is 4.39 Å². The summed E-state index contributed by atoms with van der Waals surface area (Å²) in [4.78, 5) is 1.64. The average molecular weight is 208 g/mol. The van der Waals surface area contributed by atoms with Crippen LogP contribution >= 0.6 is 0 Å². The number of aliphatic hydroxyl groups is 1. The predicted molar refractivity (Wildman–Crippen MR) is 55.8 cm³/mol. The molecule has 1 N–H and O–H groups in total. The fourth-order valence-corrected chi connectivity index (χ4v) is 1.44. The van der Waals surface area contributed by atoms with Crippen LogP contribution < -0.4 is 4.90 Å². The zero-order valence-electron chi connectivity index (χ0n) is 8.57.